The maximum absolute atomic E-state index is 11.6. The van der Waals surface area contributed by atoms with Crippen molar-refractivity contribution in [2.24, 2.45) is 16.8 Å². The quantitative estimate of drug-likeness (QED) is 0.304. The molecule has 37 heavy (non-hydrogen) atoms. The van der Waals surface area contributed by atoms with Crippen LogP contribution in [0.4, 0.5) is 11.4 Å². The van der Waals surface area contributed by atoms with Crippen molar-refractivity contribution in [1.29, 1.82) is 0 Å². The van der Waals surface area contributed by atoms with E-state index in [1.54, 1.807) is 0 Å². The molecular weight excluding hydrogens is 470 g/mol. The predicted octanol–water partition coefficient (Wildman–Crippen LogP) is 5.23. The SMILES string of the molecule is CN=C(CC1CCC(OC)CC1)N(c1ccc2c(c1)CCC(C)N2C)C1CCC(C(=O)O)CC1.O=CO. The van der Waals surface area contributed by atoms with Crippen molar-refractivity contribution in [1.82, 2.24) is 0 Å². The summed E-state index contributed by atoms with van der Waals surface area (Å²) in [5.74, 6) is 0.947. The Labute approximate surface area is 221 Å². The van der Waals surface area contributed by atoms with Crippen molar-refractivity contribution in [2.75, 3.05) is 31.0 Å². The van der Waals surface area contributed by atoms with Gasteiger partial charge in [0.2, 0.25) is 0 Å². The van der Waals surface area contributed by atoms with E-state index < -0.39 is 5.97 Å². The minimum Gasteiger partial charge on any atom is -0.483 e. The van der Waals surface area contributed by atoms with Crippen LogP contribution in [-0.4, -0.2) is 67.9 Å². The number of carboxylic acid groups (broad SMARTS) is 2. The molecule has 8 heteroatoms. The normalized spacial score (nSPS) is 27.9. The fraction of sp³-hybridized carbons (Fsp3) is 0.690. The standard InChI is InChI=1S/C28H43N3O3.CH2O2/c1-19-5-8-22-18-24(13-16-26(22)30(19)3)31(23-11-9-21(10-12-23)28(32)33)27(29-2)17-20-6-14-25(34-4)15-7-20;2-1-3/h13,16,18-21,23,25H,5-12,14-15,17H2,1-4H3,(H,32,33);1H,(H,2,3). The first-order valence-corrected chi connectivity index (χ1v) is 13.8. The average Bonchev–Trinajstić information content (AvgIpc) is 2.91. The first kappa shape index (κ1) is 29.0. The van der Waals surface area contributed by atoms with E-state index in [1.807, 2.05) is 14.2 Å². The van der Waals surface area contributed by atoms with E-state index in [9.17, 15) is 9.90 Å². The highest BCUT2D eigenvalue weighted by molar-refractivity contribution is 5.99. The molecule has 2 saturated carbocycles. The molecule has 1 unspecified atom stereocenters. The fourth-order valence-corrected chi connectivity index (χ4v) is 6.34. The Hall–Kier alpha value is -2.61. The number of anilines is 2. The zero-order chi connectivity index (χ0) is 26.9. The first-order valence-electron chi connectivity index (χ1n) is 13.8. The van der Waals surface area contributed by atoms with Gasteiger partial charge in [-0.25, -0.2) is 0 Å². The van der Waals surface area contributed by atoms with E-state index in [2.05, 4.69) is 42.0 Å². The Bertz CT molecular complexity index is 920. The van der Waals surface area contributed by atoms with Crippen molar-refractivity contribution < 1.29 is 24.5 Å². The molecule has 0 spiro atoms. The van der Waals surface area contributed by atoms with Gasteiger partial charge in [0.15, 0.2) is 0 Å². The number of nitrogens with zero attached hydrogens (tertiary/aromatic N) is 3. The van der Waals surface area contributed by atoms with E-state index in [1.165, 1.54) is 36.2 Å². The third kappa shape index (κ3) is 7.24. The lowest BCUT2D eigenvalue weighted by molar-refractivity contribution is -0.142. The third-order valence-corrected chi connectivity index (χ3v) is 8.76. The van der Waals surface area contributed by atoms with Crippen LogP contribution in [0.1, 0.15) is 76.7 Å². The zero-order valence-corrected chi connectivity index (χ0v) is 22.9. The number of methoxy groups -OCH3 is 1. The van der Waals surface area contributed by atoms with Gasteiger partial charge in [0.05, 0.1) is 12.0 Å². The van der Waals surface area contributed by atoms with E-state index in [4.69, 9.17) is 19.6 Å². The Morgan fingerprint density at radius 3 is 2.35 bits per heavy atom. The minimum atomic E-state index is -0.643. The molecule has 1 heterocycles. The summed E-state index contributed by atoms with van der Waals surface area (Å²) >= 11 is 0. The van der Waals surface area contributed by atoms with Crippen LogP contribution in [0.15, 0.2) is 23.2 Å². The number of ether oxygens (including phenoxy) is 1. The molecule has 0 bridgehead atoms. The molecule has 0 amide bonds. The van der Waals surface area contributed by atoms with Gasteiger partial charge in [-0.3, -0.25) is 14.6 Å². The van der Waals surface area contributed by atoms with Gasteiger partial charge >= 0.3 is 5.97 Å². The average molecular weight is 516 g/mol. The van der Waals surface area contributed by atoms with Crippen LogP contribution in [-0.2, 0) is 20.7 Å². The predicted molar refractivity (Wildman–Crippen MR) is 148 cm³/mol. The molecule has 8 nitrogen and oxygen atoms in total. The maximum Gasteiger partial charge on any atom is 0.306 e. The summed E-state index contributed by atoms with van der Waals surface area (Å²) in [4.78, 5) is 29.7. The Morgan fingerprint density at radius 2 is 1.78 bits per heavy atom. The monoisotopic (exact) mass is 515 g/mol. The number of carbonyl (C=O) groups is 2. The van der Waals surface area contributed by atoms with Crippen LogP contribution in [0.2, 0.25) is 0 Å². The fourth-order valence-electron chi connectivity index (χ4n) is 6.34. The second-order valence-electron chi connectivity index (χ2n) is 10.9. The zero-order valence-electron chi connectivity index (χ0n) is 22.9. The van der Waals surface area contributed by atoms with Gasteiger partial charge in [0.1, 0.15) is 5.84 Å². The number of aliphatic imine (C=N–C) groups is 1. The minimum absolute atomic E-state index is 0.205. The number of hydrogen-bond donors (Lipinski definition) is 2. The molecule has 1 atom stereocenters. The lowest BCUT2D eigenvalue weighted by Crippen LogP contribution is -2.44. The molecule has 1 aromatic carbocycles. The molecule has 2 aliphatic carbocycles. The highest BCUT2D eigenvalue weighted by Crippen LogP contribution is 2.38. The van der Waals surface area contributed by atoms with Gasteiger partial charge < -0.3 is 24.7 Å². The van der Waals surface area contributed by atoms with Crippen LogP contribution < -0.4 is 9.80 Å². The number of rotatable bonds is 6. The van der Waals surface area contributed by atoms with Gasteiger partial charge in [-0.15, -0.1) is 0 Å². The number of aliphatic carboxylic acids is 1. The molecule has 4 rings (SSSR count). The van der Waals surface area contributed by atoms with Crippen LogP contribution >= 0.6 is 0 Å². The number of hydrogen-bond acceptors (Lipinski definition) is 5. The number of fused-ring (bicyclic) bond motifs is 1. The summed E-state index contributed by atoms with van der Waals surface area (Å²) in [7, 11) is 5.95. The van der Waals surface area contributed by atoms with Crippen molar-refractivity contribution in [3.63, 3.8) is 0 Å². The van der Waals surface area contributed by atoms with E-state index in [0.29, 0.717) is 24.1 Å². The topological polar surface area (TPSA) is 103 Å². The third-order valence-electron chi connectivity index (χ3n) is 8.76. The number of amidine groups is 1. The molecule has 2 fully saturated rings. The second-order valence-corrected chi connectivity index (χ2v) is 10.9. The van der Waals surface area contributed by atoms with Crippen LogP contribution in [0, 0.1) is 11.8 Å². The van der Waals surface area contributed by atoms with E-state index in [-0.39, 0.29) is 12.4 Å². The van der Waals surface area contributed by atoms with Gasteiger partial charge in [0, 0.05) is 51.1 Å². The molecule has 1 aliphatic heterocycles. The molecular formula is C29H45N3O5. The van der Waals surface area contributed by atoms with Gasteiger partial charge in [-0.05, 0) is 101 Å². The van der Waals surface area contributed by atoms with Gasteiger partial charge in [-0.1, -0.05) is 0 Å². The smallest absolute Gasteiger partial charge is 0.306 e. The summed E-state index contributed by atoms with van der Waals surface area (Å²) in [6.07, 6.45) is 11.6. The molecule has 3 aliphatic rings. The van der Waals surface area contributed by atoms with E-state index in [0.717, 1.165) is 57.2 Å². The summed E-state index contributed by atoms with van der Waals surface area (Å²) in [5, 5.41) is 16.4. The lowest BCUT2D eigenvalue weighted by Gasteiger charge is -2.41. The van der Waals surface area contributed by atoms with Crippen LogP contribution in [0.3, 0.4) is 0 Å². The van der Waals surface area contributed by atoms with Crippen LogP contribution in [0.5, 0.6) is 0 Å². The van der Waals surface area contributed by atoms with E-state index >= 15 is 0 Å². The molecule has 2 N–H and O–H groups in total. The van der Waals surface area contributed by atoms with Crippen molar-refractivity contribution in [3.8, 4) is 0 Å². The number of benzene rings is 1. The van der Waals surface area contributed by atoms with Gasteiger partial charge in [-0.2, -0.15) is 0 Å². The summed E-state index contributed by atoms with van der Waals surface area (Å²) in [6.45, 7) is 2.05. The maximum atomic E-state index is 11.6. The molecule has 0 saturated heterocycles. The highest BCUT2D eigenvalue weighted by Gasteiger charge is 2.33. The lowest BCUT2D eigenvalue weighted by atomic mass is 9.83. The summed E-state index contributed by atoms with van der Waals surface area (Å²) < 4.78 is 5.59. The Morgan fingerprint density at radius 1 is 1.14 bits per heavy atom. The summed E-state index contributed by atoms with van der Waals surface area (Å²) in [6, 6.07) is 7.81. The van der Waals surface area contributed by atoms with Gasteiger partial charge in [0.25, 0.3) is 6.47 Å². The largest absolute Gasteiger partial charge is 0.483 e. The van der Waals surface area contributed by atoms with Crippen molar-refractivity contribution in [2.45, 2.75) is 95.7 Å². The molecule has 0 radical (unpaired) electrons. The van der Waals surface area contributed by atoms with Crippen molar-refractivity contribution in [3.05, 3.63) is 23.8 Å². The Balaban J connectivity index is 0.00000121. The summed E-state index contributed by atoms with van der Waals surface area (Å²) in [5.41, 5.74) is 3.98. The Kier molecular flexibility index (Phi) is 10.8. The number of aryl methyl sites for hydroxylation is 1. The molecule has 1 aromatic rings. The van der Waals surface area contributed by atoms with Crippen molar-refractivity contribution >= 4 is 29.7 Å². The first-order chi connectivity index (χ1) is 17.8. The molecule has 206 valence electrons. The molecule has 0 aromatic heterocycles. The highest BCUT2D eigenvalue weighted by atomic mass is 16.5. The second kappa shape index (κ2) is 13.8. The van der Waals surface area contributed by atoms with Crippen LogP contribution in [0.25, 0.3) is 0 Å². The number of carboxylic acids is 1.